The van der Waals surface area contributed by atoms with Crippen molar-refractivity contribution >= 4 is 46.2 Å². The minimum absolute atomic E-state index is 0.305. The predicted octanol–water partition coefficient (Wildman–Crippen LogP) is 4.68. The maximum Gasteiger partial charge on any atom is 0.321 e. The zero-order valence-corrected chi connectivity index (χ0v) is 13.8. The van der Waals surface area contributed by atoms with Crippen molar-refractivity contribution in [1.82, 2.24) is 15.3 Å². The molecule has 1 aromatic heterocycles. The lowest BCUT2D eigenvalue weighted by Gasteiger charge is -2.06. The van der Waals surface area contributed by atoms with Gasteiger partial charge in [-0.2, -0.15) is 0 Å². The molecule has 23 heavy (non-hydrogen) atoms. The van der Waals surface area contributed by atoms with Crippen molar-refractivity contribution in [2.24, 2.45) is 0 Å². The maximum absolute atomic E-state index is 11.5. The van der Waals surface area contributed by atoms with Gasteiger partial charge in [-0.05, 0) is 36.8 Å². The van der Waals surface area contributed by atoms with Crippen molar-refractivity contribution < 1.29 is 4.79 Å². The third-order valence-electron chi connectivity index (χ3n) is 3.30. The van der Waals surface area contributed by atoms with Crippen LogP contribution in [0.3, 0.4) is 0 Å². The Hall–Kier alpha value is -2.24. The van der Waals surface area contributed by atoms with Crippen LogP contribution < -0.4 is 10.6 Å². The van der Waals surface area contributed by atoms with E-state index in [0.717, 1.165) is 22.2 Å². The minimum atomic E-state index is -0.305. The molecule has 5 nitrogen and oxygen atoms in total. The molecule has 3 N–H and O–H groups in total. The average Bonchev–Trinajstić information content (AvgIpc) is 2.88. The molecule has 3 aromatic rings. The van der Waals surface area contributed by atoms with Gasteiger partial charge in [0.05, 0.1) is 11.0 Å². The number of imidazole rings is 1. The van der Waals surface area contributed by atoms with Crippen LogP contribution in [0.2, 0.25) is 10.0 Å². The lowest BCUT2D eigenvalue weighted by atomic mass is 10.1. The van der Waals surface area contributed by atoms with Crippen molar-refractivity contribution in [2.45, 2.75) is 6.92 Å². The van der Waals surface area contributed by atoms with Crippen LogP contribution in [-0.2, 0) is 0 Å². The molecule has 0 fully saturated rings. The van der Waals surface area contributed by atoms with Gasteiger partial charge in [-0.1, -0.05) is 35.3 Å². The van der Waals surface area contributed by atoms with Crippen LogP contribution in [0.5, 0.6) is 0 Å². The van der Waals surface area contributed by atoms with E-state index in [1.807, 2.05) is 25.1 Å². The predicted molar refractivity (Wildman–Crippen MR) is 94.2 cm³/mol. The second-order valence-corrected chi connectivity index (χ2v) is 5.71. The van der Waals surface area contributed by atoms with E-state index in [9.17, 15) is 4.79 Å². The van der Waals surface area contributed by atoms with Gasteiger partial charge in [0.1, 0.15) is 0 Å². The third kappa shape index (κ3) is 3.25. The molecule has 0 aliphatic heterocycles. The van der Waals surface area contributed by atoms with Crippen molar-refractivity contribution in [2.75, 3.05) is 11.9 Å². The summed E-state index contributed by atoms with van der Waals surface area (Å²) in [5, 5.41) is 6.45. The fourth-order valence-electron chi connectivity index (χ4n) is 2.31. The first-order chi connectivity index (χ1) is 11.1. The van der Waals surface area contributed by atoms with Crippen LogP contribution in [0.1, 0.15) is 6.92 Å². The van der Waals surface area contributed by atoms with E-state index in [1.165, 1.54) is 0 Å². The lowest BCUT2D eigenvalue weighted by Crippen LogP contribution is -2.28. The topological polar surface area (TPSA) is 69.8 Å². The first-order valence-corrected chi connectivity index (χ1v) is 7.83. The van der Waals surface area contributed by atoms with Crippen molar-refractivity contribution in [3.63, 3.8) is 0 Å². The number of benzene rings is 2. The highest BCUT2D eigenvalue weighted by Crippen LogP contribution is 2.35. The molecule has 2 amide bonds. The largest absolute Gasteiger partial charge is 0.338 e. The molecule has 7 heteroatoms. The summed E-state index contributed by atoms with van der Waals surface area (Å²) in [6.07, 6.45) is 0. The Bertz CT molecular complexity index is 855. The van der Waals surface area contributed by atoms with Gasteiger partial charge in [0.25, 0.3) is 0 Å². The molecule has 2 aromatic carbocycles. The Kier molecular flexibility index (Phi) is 4.41. The number of carbonyl (C=O) groups is 1. The number of nitrogens with one attached hydrogen (secondary N) is 3. The van der Waals surface area contributed by atoms with Crippen LogP contribution >= 0.6 is 23.2 Å². The number of anilines is 1. The molecule has 0 aliphatic rings. The quantitative estimate of drug-likeness (QED) is 0.643. The average molecular weight is 349 g/mol. The number of urea groups is 1. The fourth-order valence-corrected chi connectivity index (χ4v) is 2.93. The van der Waals surface area contributed by atoms with E-state index in [-0.39, 0.29) is 6.03 Å². The number of fused-ring (bicyclic) bond motifs is 1. The summed E-state index contributed by atoms with van der Waals surface area (Å²) in [6.45, 7) is 2.39. The maximum atomic E-state index is 11.5. The second-order valence-electron chi connectivity index (χ2n) is 4.90. The summed E-state index contributed by atoms with van der Waals surface area (Å²) in [5.41, 5.74) is 3.17. The van der Waals surface area contributed by atoms with Gasteiger partial charge in [-0.15, -0.1) is 0 Å². The molecular formula is C16H14Cl2N4O. The van der Waals surface area contributed by atoms with Gasteiger partial charge < -0.3 is 10.3 Å². The molecule has 0 spiro atoms. The van der Waals surface area contributed by atoms with Crippen molar-refractivity contribution in [3.05, 3.63) is 46.4 Å². The van der Waals surface area contributed by atoms with Crippen LogP contribution in [0.4, 0.5) is 10.7 Å². The molecule has 0 saturated carbocycles. The normalized spacial score (nSPS) is 10.7. The van der Waals surface area contributed by atoms with Crippen molar-refractivity contribution in [3.8, 4) is 11.1 Å². The van der Waals surface area contributed by atoms with E-state index in [2.05, 4.69) is 20.6 Å². The molecule has 118 valence electrons. The monoisotopic (exact) mass is 348 g/mol. The minimum Gasteiger partial charge on any atom is -0.338 e. The highest BCUT2D eigenvalue weighted by molar-refractivity contribution is 6.39. The molecule has 3 rings (SSSR count). The first kappa shape index (κ1) is 15.6. The number of hydrogen-bond acceptors (Lipinski definition) is 2. The molecule has 1 heterocycles. The zero-order valence-electron chi connectivity index (χ0n) is 12.3. The Balaban J connectivity index is 1.98. The van der Waals surface area contributed by atoms with Gasteiger partial charge in [0.2, 0.25) is 5.95 Å². The molecule has 0 unspecified atom stereocenters. The Labute approximate surface area is 143 Å². The summed E-state index contributed by atoms with van der Waals surface area (Å²) in [5.74, 6) is 0.383. The molecule has 0 bridgehead atoms. The highest BCUT2D eigenvalue weighted by Gasteiger charge is 2.11. The van der Waals surface area contributed by atoms with E-state index in [0.29, 0.717) is 22.5 Å². The smallest absolute Gasteiger partial charge is 0.321 e. The van der Waals surface area contributed by atoms with E-state index in [1.54, 1.807) is 18.2 Å². The van der Waals surface area contributed by atoms with Gasteiger partial charge in [-0.25, -0.2) is 9.78 Å². The summed E-state index contributed by atoms with van der Waals surface area (Å²) in [7, 11) is 0. The van der Waals surface area contributed by atoms with Gasteiger partial charge in [0.15, 0.2) is 0 Å². The Morgan fingerprint density at radius 3 is 2.65 bits per heavy atom. The molecule has 0 saturated heterocycles. The number of hydrogen-bond donors (Lipinski definition) is 3. The number of rotatable bonds is 3. The van der Waals surface area contributed by atoms with E-state index in [4.69, 9.17) is 23.2 Å². The number of amides is 2. The van der Waals surface area contributed by atoms with Gasteiger partial charge in [-0.3, -0.25) is 5.32 Å². The second kappa shape index (κ2) is 6.48. The van der Waals surface area contributed by atoms with Crippen molar-refractivity contribution in [1.29, 1.82) is 0 Å². The first-order valence-electron chi connectivity index (χ1n) is 7.07. The SMILES string of the molecule is CCNC(=O)Nc1nc2ccc(-c3c(Cl)cccc3Cl)cc2[nH]1. The van der Waals surface area contributed by atoms with Crippen LogP contribution in [0.25, 0.3) is 22.2 Å². The Morgan fingerprint density at radius 1 is 1.22 bits per heavy atom. The van der Waals surface area contributed by atoms with Crippen LogP contribution in [0, 0.1) is 0 Å². The summed E-state index contributed by atoms with van der Waals surface area (Å²) >= 11 is 12.5. The van der Waals surface area contributed by atoms with Crippen LogP contribution in [-0.4, -0.2) is 22.5 Å². The van der Waals surface area contributed by atoms with E-state index >= 15 is 0 Å². The molecule has 0 radical (unpaired) electrons. The van der Waals surface area contributed by atoms with Gasteiger partial charge in [0, 0.05) is 22.2 Å². The fraction of sp³-hybridized carbons (Fsp3) is 0.125. The molecule has 0 aliphatic carbocycles. The number of nitrogens with zero attached hydrogens (tertiary/aromatic N) is 1. The number of aromatic amines is 1. The zero-order chi connectivity index (χ0) is 16.4. The summed E-state index contributed by atoms with van der Waals surface area (Å²) < 4.78 is 0. The van der Waals surface area contributed by atoms with Crippen LogP contribution in [0.15, 0.2) is 36.4 Å². The lowest BCUT2D eigenvalue weighted by molar-refractivity contribution is 0.252. The summed E-state index contributed by atoms with van der Waals surface area (Å²) in [4.78, 5) is 18.9. The Morgan fingerprint density at radius 2 is 1.96 bits per heavy atom. The molecular weight excluding hydrogens is 335 g/mol. The number of H-pyrrole nitrogens is 1. The standard InChI is InChI=1S/C16H14Cl2N4O/c1-2-19-16(23)22-15-20-12-7-6-9(8-13(12)21-15)14-10(17)4-3-5-11(14)18/h3-8H,2H2,1H3,(H3,19,20,21,22,23). The number of carbonyl (C=O) groups excluding carboxylic acids is 1. The summed E-state index contributed by atoms with van der Waals surface area (Å²) in [6, 6.07) is 10.7. The third-order valence-corrected chi connectivity index (χ3v) is 3.93. The number of halogens is 2. The highest BCUT2D eigenvalue weighted by atomic mass is 35.5. The van der Waals surface area contributed by atoms with Gasteiger partial charge >= 0.3 is 6.03 Å². The van der Waals surface area contributed by atoms with E-state index < -0.39 is 0 Å². The number of aromatic nitrogens is 2. The molecule has 0 atom stereocenters.